The van der Waals surface area contributed by atoms with Gasteiger partial charge in [0.2, 0.25) is 0 Å². The molecule has 0 spiro atoms. The second-order valence-electron chi connectivity index (χ2n) is 3.82. The maximum atomic E-state index is 6.26. The van der Waals surface area contributed by atoms with E-state index in [1.807, 2.05) is 25.2 Å². The molecule has 0 heterocycles. The Hall–Kier alpha value is -0.570. The van der Waals surface area contributed by atoms with Gasteiger partial charge in [0.15, 0.2) is 0 Å². The molecule has 0 fully saturated rings. The Bertz CT molecular complexity index is 311. The predicted molar refractivity (Wildman–Crippen MR) is 71.0 cm³/mol. The molecular formula is C13H21ClN2. The van der Waals surface area contributed by atoms with Crippen molar-refractivity contribution in [2.24, 2.45) is 0 Å². The van der Waals surface area contributed by atoms with Crippen LogP contribution in [0.5, 0.6) is 0 Å². The van der Waals surface area contributed by atoms with Gasteiger partial charge in [-0.05, 0) is 31.8 Å². The van der Waals surface area contributed by atoms with Gasteiger partial charge in [-0.1, -0.05) is 43.6 Å². The lowest BCUT2D eigenvalue weighted by Gasteiger charge is -2.30. The van der Waals surface area contributed by atoms with Crippen molar-refractivity contribution in [2.45, 2.75) is 19.9 Å². The molecule has 0 saturated carbocycles. The zero-order valence-corrected chi connectivity index (χ0v) is 11.1. The molecule has 1 atom stereocenters. The lowest BCUT2D eigenvalue weighted by molar-refractivity contribution is 0.216. The summed E-state index contributed by atoms with van der Waals surface area (Å²) in [5.74, 6) is 0. The van der Waals surface area contributed by atoms with Crippen molar-refractivity contribution in [1.82, 2.24) is 10.2 Å². The lowest BCUT2D eigenvalue weighted by Crippen LogP contribution is -2.34. The molecule has 0 amide bonds. The molecule has 0 radical (unpaired) electrons. The Kier molecular flexibility index (Phi) is 5.81. The molecule has 0 aliphatic rings. The SMILES string of the molecule is CCN(CC)C(CNC)c1ccccc1Cl. The first-order valence-electron chi connectivity index (χ1n) is 5.87. The lowest BCUT2D eigenvalue weighted by atomic mass is 10.1. The molecule has 0 aliphatic heterocycles. The summed E-state index contributed by atoms with van der Waals surface area (Å²) in [6, 6.07) is 8.46. The van der Waals surface area contributed by atoms with Gasteiger partial charge in [0.1, 0.15) is 0 Å². The summed E-state index contributed by atoms with van der Waals surface area (Å²) in [5, 5.41) is 4.10. The van der Waals surface area contributed by atoms with Gasteiger partial charge < -0.3 is 5.32 Å². The predicted octanol–water partition coefficient (Wildman–Crippen LogP) is 2.94. The van der Waals surface area contributed by atoms with Crippen LogP contribution in [-0.4, -0.2) is 31.6 Å². The van der Waals surface area contributed by atoms with Gasteiger partial charge in [-0.2, -0.15) is 0 Å². The number of benzene rings is 1. The van der Waals surface area contributed by atoms with E-state index in [1.165, 1.54) is 5.56 Å². The van der Waals surface area contributed by atoms with Crippen LogP contribution in [0.4, 0.5) is 0 Å². The van der Waals surface area contributed by atoms with Crippen LogP contribution in [0.15, 0.2) is 24.3 Å². The number of hydrogen-bond acceptors (Lipinski definition) is 2. The Morgan fingerprint density at radius 1 is 1.25 bits per heavy atom. The monoisotopic (exact) mass is 240 g/mol. The first-order valence-corrected chi connectivity index (χ1v) is 6.25. The van der Waals surface area contributed by atoms with Gasteiger partial charge in [0, 0.05) is 17.6 Å². The van der Waals surface area contributed by atoms with Crippen molar-refractivity contribution in [1.29, 1.82) is 0 Å². The van der Waals surface area contributed by atoms with Crippen LogP contribution in [0.25, 0.3) is 0 Å². The van der Waals surface area contributed by atoms with E-state index in [-0.39, 0.29) is 0 Å². The van der Waals surface area contributed by atoms with E-state index in [0.29, 0.717) is 6.04 Å². The highest BCUT2D eigenvalue weighted by Gasteiger charge is 2.18. The molecular weight excluding hydrogens is 220 g/mol. The second kappa shape index (κ2) is 6.89. The van der Waals surface area contributed by atoms with Gasteiger partial charge >= 0.3 is 0 Å². The van der Waals surface area contributed by atoms with Gasteiger partial charge in [0.25, 0.3) is 0 Å². The zero-order valence-electron chi connectivity index (χ0n) is 10.3. The van der Waals surface area contributed by atoms with Crippen LogP contribution in [0.2, 0.25) is 5.02 Å². The van der Waals surface area contributed by atoms with Gasteiger partial charge in [-0.25, -0.2) is 0 Å². The van der Waals surface area contributed by atoms with Crippen molar-refractivity contribution < 1.29 is 0 Å². The number of nitrogens with zero attached hydrogens (tertiary/aromatic N) is 1. The molecule has 2 nitrogen and oxygen atoms in total. The fraction of sp³-hybridized carbons (Fsp3) is 0.538. The topological polar surface area (TPSA) is 15.3 Å². The molecule has 1 unspecified atom stereocenters. The second-order valence-corrected chi connectivity index (χ2v) is 4.22. The molecule has 1 aromatic carbocycles. The van der Waals surface area contributed by atoms with E-state index >= 15 is 0 Å². The van der Waals surface area contributed by atoms with Crippen LogP contribution in [-0.2, 0) is 0 Å². The van der Waals surface area contributed by atoms with Gasteiger partial charge in [-0.15, -0.1) is 0 Å². The van der Waals surface area contributed by atoms with Crippen molar-refractivity contribution in [3.05, 3.63) is 34.9 Å². The summed E-state index contributed by atoms with van der Waals surface area (Å²) in [7, 11) is 1.98. The third kappa shape index (κ3) is 3.21. The van der Waals surface area contributed by atoms with Crippen molar-refractivity contribution in [2.75, 3.05) is 26.7 Å². The van der Waals surface area contributed by atoms with Crippen LogP contribution >= 0.6 is 11.6 Å². The van der Waals surface area contributed by atoms with E-state index in [2.05, 4.69) is 30.1 Å². The van der Waals surface area contributed by atoms with Crippen molar-refractivity contribution in [3.63, 3.8) is 0 Å². The maximum Gasteiger partial charge on any atom is 0.0487 e. The summed E-state index contributed by atoms with van der Waals surface area (Å²) >= 11 is 6.26. The molecule has 1 aromatic rings. The van der Waals surface area contributed by atoms with Crippen LogP contribution in [0.1, 0.15) is 25.5 Å². The number of nitrogens with one attached hydrogen (secondary N) is 1. The Labute approximate surface area is 104 Å². The summed E-state index contributed by atoms with van der Waals surface area (Å²) in [6.07, 6.45) is 0. The molecule has 3 heteroatoms. The minimum absolute atomic E-state index is 0.355. The van der Waals surface area contributed by atoms with Crippen LogP contribution in [0, 0.1) is 0 Å². The number of halogens is 1. The fourth-order valence-electron chi connectivity index (χ4n) is 2.04. The van der Waals surface area contributed by atoms with Gasteiger partial charge in [-0.3, -0.25) is 4.90 Å². The number of hydrogen-bond donors (Lipinski definition) is 1. The summed E-state index contributed by atoms with van der Waals surface area (Å²) in [5.41, 5.74) is 1.21. The van der Waals surface area contributed by atoms with E-state index in [0.717, 1.165) is 24.7 Å². The van der Waals surface area contributed by atoms with E-state index in [9.17, 15) is 0 Å². The standard InChI is InChI=1S/C13H21ClN2/c1-4-16(5-2)13(10-15-3)11-8-6-7-9-12(11)14/h6-9,13,15H,4-5,10H2,1-3H3. The first kappa shape index (κ1) is 13.5. The summed E-state index contributed by atoms with van der Waals surface area (Å²) < 4.78 is 0. The fourth-order valence-corrected chi connectivity index (χ4v) is 2.30. The Morgan fingerprint density at radius 3 is 2.38 bits per heavy atom. The largest absolute Gasteiger partial charge is 0.318 e. The number of rotatable bonds is 6. The van der Waals surface area contributed by atoms with Crippen LogP contribution in [0.3, 0.4) is 0 Å². The molecule has 0 bridgehead atoms. The smallest absolute Gasteiger partial charge is 0.0487 e. The molecule has 16 heavy (non-hydrogen) atoms. The summed E-state index contributed by atoms with van der Waals surface area (Å²) in [4.78, 5) is 2.41. The molecule has 0 saturated heterocycles. The first-order chi connectivity index (χ1) is 7.74. The average Bonchev–Trinajstić information content (AvgIpc) is 2.30. The highest BCUT2D eigenvalue weighted by molar-refractivity contribution is 6.31. The molecule has 1 rings (SSSR count). The Balaban J connectivity index is 2.97. The number of likely N-dealkylation sites (N-methyl/N-ethyl adjacent to an activating group) is 2. The normalized spacial score (nSPS) is 13.1. The molecule has 0 aromatic heterocycles. The summed E-state index contributed by atoms with van der Waals surface area (Å²) in [6.45, 7) is 7.36. The van der Waals surface area contributed by atoms with E-state index < -0.39 is 0 Å². The van der Waals surface area contributed by atoms with Crippen LogP contribution < -0.4 is 5.32 Å². The minimum atomic E-state index is 0.355. The molecule has 1 N–H and O–H groups in total. The van der Waals surface area contributed by atoms with Crippen molar-refractivity contribution >= 4 is 11.6 Å². The maximum absolute atomic E-state index is 6.26. The highest BCUT2D eigenvalue weighted by atomic mass is 35.5. The average molecular weight is 241 g/mol. The van der Waals surface area contributed by atoms with E-state index in [4.69, 9.17) is 11.6 Å². The molecule has 0 aliphatic carbocycles. The molecule has 90 valence electrons. The highest BCUT2D eigenvalue weighted by Crippen LogP contribution is 2.26. The zero-order chi connectivity index (χ0) is 12.0. The third-order valence-electron chi connectivity index (χ3n) is 2.91. The van der Waals surface area contributed by atoms with Crippen molar-refractivity contribution in [3.8, 4) is 0 Å². The Morgan fingerprint density at radius 2 is 1.88 bits per heavy atom. The minimum Gasteiger partial charge on any atom is -0.318 e. The quantitative estimate of drug-likeness (QED) is 0.823. The van der Waals surface area contributed by atoms with E-state index in [1.54, 1.807) is 0 Å². The third-order valence-corrected chi connectivity index (χ3v) is 3.26. The van der Waals surface area contributed by atoms with Gasteiger partial charge in [0.05, 0.1) is 0 Å².